The average Bonchev–Trinajstić information content (AvgIpc) is 1.82. The smallest absolute Gasteiger partial charge is 0.318 e. The lowest BCUT2D eigenvalue weighted by Gasteiger charge is -1.97. The highest BCUT2D eigenvalue weighted by Crippen LogP contribution is 1.95. The number of amidine groups is 1. The number of rotatable bonds is 2. The summed E-state index contributed by atoms with van der Waals surface area (Å²) in [5.41, 5.74) is 9.56. The van der Waals surface area contributed by atoms with Crippen LogP contribution in [0.25, 0.3) is 0 Å². The molecule has 0 aliphatic carbocycles. The zero-order valence-corrected chi connectivity index (χ0v) is 6.40. The van der Waals surface area contributed by atoms with Crippen molar-refractivity contribution >= 4 is 28.9 Å². The Labute approximate surface area is 67.2 Å². The van der Waals surface area contributed by atoms with Crippen LogP contribution in [0, 0.1) is 5.41 Å². The first-order valence-corrected chi connectivity index (χ1v) is 3.57. The van der Waals surface area contributed by atoms with Crippen LogP contribution in [0.3, 0.4) is 0 Å². The van der Waals surface area contributed by atoms with Crippen molar-refractivity contribution in [3.05, 3.63) is 0 Å². The molecule has 0 spiro atoms. The van der Waals surface area contributed by atoms with E-state index in [1.165, 1.54) is 0 Å². The minimum atomic E-state index is -0.904. The first-order chi connectivity index (χ1) is 5.02. The molecule has 62 valence electrons. The Bertz CT molecular complexity index is 193. The standard InChI is InChI=1S/C4H8N4O2S/c5-3(6)11-1-2(9)8-4(7)10/h1H2,(H3,5,6)(H3,7,8,9,10). The van der Waals surface area contributed by atoms with Crippen LogP contribution in [0.1, 0.15) is 0 Å². The fraction of sp³-hybridized carbons (Fsp3) is 0.250. The van der Waals surface area contributed by atoms with Crippen molar-refractivity contribution in [2.45, 2.75) is 0 Å². The maximum atomic E-state index is 10.6. The van der Waals surface area contributed by atoms with E-state index in [9.17, 15) is 9.59 Å². The van der Waals surface area contributed by atoms with Crippen LogP contribution in [0.15, 0.2) is 0 Å². The number of urea groups is 1. The van der Waals surface area contributed by atoms with Crippen LogP contribution in [-0.4, -0.2) is 22.9 Å². The number of carbonyl (C=O) groups excluding carboxylic acids is 2. The summed E-state index contributed by atoms with van der Waals surface area (Å²) in [6.07, 6.45) is 0. The van der Waals surface area contributed by atoms with Crippen molar-refractivity contribution in [1.82, 2.24) is 5.32 Å². The van der Waals surface area contributed by atoms with Crippen LogP contribution in [0.2, 0.25) is 0 Å². The molecule has 0 rings (SSSR count). The van der Waals surface area contributed by atoms with Gasteiger partial charge in [-0.25, -0.2) is 4.79 Å². The lowest BCUT2D eigenvalue weighted by Crippen LogP contribution is -2.36. The molecule has 0 heterocycles. The van der Waals surface area contributed by atoms with Gasteiger partial charge in [0, 0.05) is 0 Å². The summed E-state index contributed by atoms with van der Waals surface area (Å²) < 4.78 is 0. The molecule has 0 aliphatic heterocycles. The zero-order chi connectivity index (χ0) is 8.85. The number of hydrogen-bond acceptors (Lipinski definition) is 4. The van der Waals surface area contributed by atoms with E-state index in [1.54, 1.807) is 0 Å². The maximum Gasteiger partial charge on any atom is 0.318 e. The van der Waals surface area contributed by atoms with E-state index in [0.29, 0.717) is 0 Å². The topological polar surface area (TPSA) is 122 Å². The second-order valence-electron chi connectivity index (χ2n) is 1.57. The molecular weight excluding hydrogens is 168 g/mol. The average molecular weight is 176 g/mol. The molecule has 0 aliphatic rings. The molecule has 0 saturated carbocycles. The van der Waals surface area contributed by atoms with Gasteiger partial charge in [-0.15, -0.1) is 0 Å². The SMILES string of the molecule is N=C(N)SCC(=O)NC(N)=O. The molecule has 0 radical (unpaired) electrons. The van der Waals surface area contributed by atoms with Gasteiger partial charge < -0.3 is 11.5 Å². The summed E-state index contributed by atoms with van der Waals surface area (Å²) in [5, 5.41) is 8.36. The third-order valence-corrected chi connectivity index (χ3v) is 1.34. The number of imide groups is 1. The molecule has 3 amide bonds. The molecule has 6 N–H and O–H groups in total. The molecule has 7 heteroatoms. The number of thioether (sulfide) groups is 1. The summed E-state index contributed by atoms with van der Waals surface area (Å²) in [4.78, 5) is 20.6. The number of primary amides is 1. The molecular formula is C4H8N4O2S. The predicted molar refractivity (Wildman–Crippen MR) is 42.1 cm³/mol. The highest BCUT2D eigenvalue weighted by Gasteiger charge is 2.03. The Kier molecular flexibility index (Phi) is 4.04. The van der Waals surface area contributed by atoms with Crippen LogP contribution < -0.4 is 16.8 Å². The van der Waals surface area contributed by atoms with E-state index in [1.807, 2.05) is 5.32 Å². The molecule has 0 aromatic carbocycles. The molecule has 0 bridgehead atoms. The van der Waals surface area contributed by atoms with Crippen molar-refractivity contribution in [2.24, 2.45) is 11.5 Å². The molecule has 11 heavy (non-hydrogen) atoms. The summed E-state index contributed by atoms with van der Waals surface area (Å²) in [5.74, 6) is -0.629. The molecule has 0 unspecified atom stereocenters. The van der Waals surface area contributed by atoms with Gasteiger partial charge in [-0.1, -0.05) is 11.8 Å². The Balaban J connectivity index is 3.53. The van der Waals surface area contributed by atoms with Gasteiger partial charge in [-0.3, -0.25) is 15.5 Å². The van der Waals surface area contributed by atoms with Crippen molar-refractivity contribution in [3.8, 4) is 0 Å². The lowest BCUT2D eigenvalue weighted by atomic mass is 10.7. The van der Waals surface area contributed by atoms with Gasteiger partial charge in [0.15, 0.2) is 5.17 Å². The van der Waals surface area contributed by atoms with Gasteiger partial charge >= 0.3 is 6.03 Å². The summed E-state index contributed by atoms with van der Waals surface area (Å²) in [6, 6.07) is -0.904. The Hall–Kier alpha value is -1.24. The summed E-state index contributed by atoms with van der Waals surface area (Å²) in [6.45, 7) is 0. The number of nitrogens with two attached hydrogens (primary N) is 2. The van der Waals surface area contributed by atoms with E-state index in [4.69, 9.17) is 11.1 Å². The van der Waals surface area contributed by atoms with E-state index < -0.39 is 11.9 Å². The zero-order valence-electron chi connectivity index (χ0n) is 5.59. The number of amides is 3. The minimum Gasteiger partial charge on any atom is -0.379 e. The number of carbonyl (C=O) groups is 2. The minimum absolute atomic E-state index is 0.0712. The van der Waals surface area contributed by atoms with Gasteiger partial charge in [0.25, 0.3) is 0 Å². The fourth-order valence-corrected chi connectivity index (χ4v) is 0.676. The second kappa shape index (κ2) is 4.56. The van der Waals surface area contributed by atoms with Gasteiger partial charge in [0.2, 0.25) is 5.91 Å². The van der Waals surface area contributed by atoms with Crippen molar-refractivity contribution in [2.75, 3.05) is 5.75 Å². The maximum absolute atomic E-state index is 10.6. The van der Waals surface area contributed by atoms with Gasteiger partial charge in [-0.2, -0.15) is 0 Å². The normalized spacial score (nSPS) is 8.73. The molecule has 0 fully saturated rings. The van der Waals surface area contributed by atoms with Crippen molar-refractivity contribution in [1.29, 1.82) is 5.41 Å². The summed E-state index contributed by atoms with van der Waals surface area (Å²) in [7, 11) is 0. The van der Waals surface area contributed by atoms with Crippen LogP contribution >= 0.6 is 11.8 Å². The summed E-state index contributed by atoms with van der Waals surface area (Å²) >= 11 is 0.823. The first kappa shape index (κ1) is 9.76. The number of hydrogen-bond donors (Lipinski definition) is 4. The Morgan fingerprint density at radius 3 is 2.36 bits per heavy atom. The highest BCUT2D eigenvalue weighted by atomic mass is 32.2. The van der Waals surface area contributed by atoms with Gasteiger partial charge in [0.1, 0.15) is 0 Å². The predicted octanol–water partition coefficient (Wildman–Crippen LogP) is -1.19. The van der Waals surface area contributed by atoms with Crippen molar-refractivity contribution in [3.63, 3.8) is 0 Å². The second-order valence-corrected chi connectivity index (χ2v) is 2.58. The van der Waals surface area contributed by atoms with E-state index in [2.05, 4.69) is 5.73 Å². The molecule has 0 saturated heterocycles. The van der Waals surface area contributed by atoms with Crippen molar-refractivity contribution < 1.29 is 9.59 Å². The third kappa shape index (κ3) is 6.65. The van der Waals surface area contributed by atoms with Crippen LogP contribution in [0.5, 0.6) is 0 Å². The van der Waals surface area contributed by atoms with Gasteiger partial charge in [-0.05, 0) is 0 Å². The molecule has 6 nitrogen and oxygen atoms in total. The van der Waals surface area contributed by atoms with E-state index in [-0.39, 0.29) is 10.9 Å². The highest BCUT2D eigenvalue weighted by molar-refractivity contribution is 8.14. The first-order valence-electron chi connectivity index (χ1n) is 2.58. The largest absolute Gasteiger partial charge is 0.379 e. The van der Waals surface area contributed by atoms with E-state index in [0.717, 1.165) is 11.8 Å². The Morgan fingerprint density at radius 1 is 1.45 bits per heavy atom. The lowest BCUT2D eigenvalue weighted by molar-refractivity contribution is -0.117. The molecule has 0 atom stereocenters. The molecule has 0 aromatic heterocycles. The quantitative estimate of drug-likeness (QED) is 0.312. The fourth-order valence-electron chi connectivity index (χ4n) is 0.317. The number of nitrogens with one attached hydrogen (secondary N) is 2. The third-order valence-electron chi connectivity index (χ3n) is 0.621. The van der Waals surface area contributed by atoms with Crippen LogP contribution in [0.4, 0.5) is 4.79 Å². The van der Waals surface area contributed by atoms with Crippen LogP contribution in [-0.2, 0) is 4.79 Å². The molecule has 0 aromatic rings. The monoisotopic (exact) mass is 176 g/mol. The van der Waals surface area contributed by atoms with E-state index >= 15 is 0 Å². The Morgan fingerprint density at radius 2 is 2.00 bits per heavy atom. The van der Waals surface area contributed by atoms with Gasteiger partial charge in [0.05, 0.1) is 5.75 Å².